The average molecular weight is 401 g/mol. The molecule has 0 radical (unpaired) electrons. The van der Waals surface area contributed by atoms with Crippen LogP contribution in [0.25, 0.3) is 11.3 Å². The highest BCUT2D eigenvalue weighted by atomic mass is 16.5. The van der Waals surface area contributed by atoms with Gasteiger partial charge in [0, 0.05) is 12.5 Å². The third-order valence-corrected chi connectivity index (χ3v) is 5.23. The van der Waals surface area contributed by atoms with Crippen LogP contribution in [0.3, 0.4) is 0 Å². The van der Waals surface area contributed by atoms with Gasteiger partial charge in [-0.1, -0.05) is 30.3 Å². The highest BCUT2D eigenvalue weighted by Crippen LogP contribution is 2.32. The Balaban J connectivity index is 1.57. The van der Waals surface area contributed by atoms with Gasteiger partial charge in [0.2, 0.25) is 5.91 Å². The molecule has 1 aliphatic rings. The molecule has 1 heterocycles. The number of nitrogens with zero attached hydrogens (tertiary/aromatic N) is 1. The highest BCUT2D eigenvalue weighted by Gasteiger charge is 2.24. The summed E-state index contributed by atoms with van der Waals surface area (Å²) in [5.74, 6) is 0.167. The lowest BCUT2D eigenvalue weighted by Crippen LogP contribution is -2.27. The number of aromatic nitrogens is 1. The molecule has 6 nitrogen and oxygen atoms in total. The van der Waals surface area contributed by atoms with Crippen LogP contribution in [0.1, 0.15) is 41.0 Å². The molecule has 0 aliphatic heterocycles. The van der Waals surface area contributed by atoms with Crippen LogP contribution in [-0.4, -0.2) is 23.9 Å². The van der Waals surface area contributed by atoms with Crippen LogP contribution in [0.2, 0.25) is 0 Å². The number of fused-ring (bicyclic) bond motifs is 1. The van der Waals surface area contributed by atoms with E-state index in [9.17, 15) is 9.59 Å². The molecule has 1 unspecified atom stereocenters. The van der Waals surface area contributed by atoms with Gasteiger partial charge in [-0.2, -0.15) is 0 Å². The minimum absolute atomic E-state index is 0.00603. The number of rotatable bonds is 5. The normalized spacial score (nSPS) is 14.7. The molecule has 1 aliphatic carbocycles. The summed E-state index contributed by atoms with van der Waals surface area (Å²) < 4.78 is 5.30. The fourth-order valence-electron chi connectivity index (χ4n) is 3.82. The molecule has 30 heavy (non-hydrogen) atoms. The maximum absolute atomic E-state index is 12.9. The van der Waals surface area contributed by atoms with E-state index in [2.05, 4.69) is 27.8 Å². The van der Waals surface area contributed by atoms with Crippen LogP contribution in [-0.2, 0) is 11.2 Å². The first-order valence-electron chi connectivity index (χ1n) is 9.87. The van der Waals surface area contributed by atoms with E-state index in [0.29, 0.717) is 22.8 Å². The van der Waals surface area contributed by atoms with Crippen molar-refractivity contribution in [2.24, 2.45) is 0 Å². The third kappa shape index (κ3) is 4.03. The summed E-state index contributed by atoms with van der Waals surface area (Å²) in [4.78, 5) is 28.9. The van der Waals surface area contributed by atoms with Gasteiger partial charge in [0.1, 0.15) is 11.4 Å². The topological polar surface area (TPSA) is 80.3 Å². The molecule has 0 bridgehead atoms. The predicted molar refractivity (Wildman–Crippen MR) is 115 cm³/mol. The fourth-order valence-corrected chi connectivity index (χ4v) is 3.82. The van der Waals surface area contributed by atoms with Crippen LogP contribution in [0.4, 0.5) is 5.69 Å². The summed E-state index contributed by atoms with van der Waals surface area (Å²) >= 11 is 0. The molecule has 2 N–H and O–H groups in total. The Bertz CT molecular complexity index is 1110. The lowest BCUT2D eigenvalue weighted by atomic mass is 10.1. The monoisotopic (exact) mass is 401 g/mol. The molecular formula is C24H23N3O3. The van der Waals surface area contributed by atoms with Gasteiger partial charge in [-0.3, -0.25) is 9.59 Å². The number of nitrogens with one attached hydrogen (secondary N) is 2. The molecule has 3 aromatic rings. The molecule has 0 spiro atoms. The van der Waals surface area contributed by atoms with Gasteiger partial charge >= 0.3 is 0 Å². The molecule has 2 aromatic carbocycles. The Kier molecular flexibility index (Phi) is 5.48. The number of anilines is 1. The van der Waals surface area contributed by atoms with Gasteiger partial charge in [0.25, 0.3) is 5.91 Å². The van der Waals surface area contributed by atoms with E-state index in [1.54, 1.807) is 25.3 Å². The Morgan fingerprint density at radius 3 is 2.70 bits per heavy atom. The molecule has 1 atom stereocenters. The van der Waals surface area contributed by atoms with Crippen molar-refractivity contribution in [2.75, 3.05) is 12.4 Å². The number of amides is 2. The molecule has 0 saturated heterocycles. The number of aryl methyl sites for hydroxylation is 1. The fraction of sp³-hybridized carbons (Fsp3) is 0.208. The SMILES string of the molecule is COc1ccc(-c2cccc(C(=O)NC3CCc4ccccc43)n2)cc1NC(C)=O. The Labute approximate surface area is 175 Å². The number of pyridine rings is 1. The van der Waals surface area contributed by atoms with E-state index in [1.807, 2.05) is 30.3 Å². The minimum Gasteiger partial charge on any atom is -0.495 e. The molecular weight excluding hydrogens is 378 g/mol. The van der Waals surface area contributed by atoms with Gasteiger partial charge in [-0.15, -0.1) is 0 Å². The van der Waals surface area contributed by atoms with Crippen molar-refractivity contribution in [3.8, 4) is 17.0 Å². The second-order valence-corrected chi connectivity index (χ2v) is 7.27. The van der Waals surface area contributed by atoms with Gasteiger partial charge in [-0.25, -0.2) is 4.98 Å². The lowest BCUT2D eigenvalue weighted by Gasteiger charge is -2.14. The zero-order valence-electron chi connectivity index (χ0n) is 16.9. The second-order valence-electron chi connectivity index (χ2n) is 7.27. The number of carbonyl (C=O) groups excluding carboxylic acids is 2. The standard InChI is InChI=1S/C24H23N3O3/c1-15(28)25-22-14-17(11-13-23(22)30-2)19-8-5-9-21(26-19)24(29)27-20-12-10-16-6-3-4-7-18(16)20/h3-9,11,13-14,20H,10,12H2,1-2H3,(H,25,28)(H,27,29). The number of benzene rings is 2. The number of hydrogen-bond acceptors (Lipinski definition) is 4. The first kappa shape index (κ1) is 19.6. The van der Waals surface area contributed by atoms with Crippen molar-refractivity contribution < 1.29 is 14.3 Å². The number of methoxy groups -OCH3 is 1. The van der Waals surface area contributed by atoms with Crippen LogP contribution in [0.15, 0.2) is 60.7 Å². The van der Waals surface area contributed by atoms with Crippen molar-refractivity contribution in [1.82, 2.24) is 10.3 Å². The molecule has 2 amide bonds. The van der Waals surface area contributed by atoms with E-state index in [4.69, 9.17) is 4.74 Å². The zero-order valence-corrected chi connectivity index (χ0v) is 16.9. The van der Waals surface area contributed by atoms with Gasteiger partial charge in [-0.05, 0) is 54.3 Å². The maximum Gasteiger partial charge on any atom is 0.270 e. The quantitative estimate of drug-likeness (QED) is 0.674. The predicted octanol–water partition coefficient (Wildman–Crippen LogP) is 4.13. The van der Waals surface area contributed by atoms with Gasteiger partial charge in [0.05, 0.1) is 24.5 Å². The maximum atomic E-state index is 12.9. The van der Waals surface area contributed by atoms with E-state index in [0.717, 1.165) is 18.4 Å². The summed E-state index contributed by atoms with van der Waals surface area (Å²) in [6.07, 6.45) is 1.86. The van der Waals surface area contributed by atoms with E-state index in [1.165, 1.54) is 18.1 Å². The molecule has 4 rings (SSSR count). The molecule has 152 valence electrons. The smallest absolute Gasteiger partial charge is 0.270 e. The van der Waals surface area contributed by atoms with Gasteiger partial charge < -0.3 is 15.4 Å². The largest absolute Gasteiger partial charge is 0.495 e. The summed E-state index contributed by atoms with van der Waals surface area (Å²) in [7, 11) is 1.55. The van der Waals surface area contributed by atoms with Gasteiger partial charge in [0.15, 0.2) is 0 Å². The number of carbonyl (C=O) groups is 2. The third-order valence-electron chi connectivity index (χ3n) is 5.23. The second kappa shape index (κ2) is 8.37. The highest BCUT2D eigenvalue weighted by molar-refractivity contribution is 5.94. The van der Waals surface area contributed by atoms with Crippen molar-refractivity contribution in [3.63, 3.8) is 0 Å². The summed E-state index contributed by atoms with van der Waals surface area (Å²) in [6.45, 7) is 1.44. The van der Waals surface area contributed by atoms with Crippen molar-refractivity contribution in [1.29, 1.82) is 0 Å². The van der Waals surface area contributed by atoms with Crippen LogP contribution in [0.5, 0.6) is 5.75 Å². The number of hydrogen-bond donors (Lipinski definition) is 2. The molecule has 0 saturated carbocycles. The Morgan fingerprint density at radius 1 is 1.07 bits per heavy atom. The van der Waals surface area contributed by atoms with E-state index < -0.39 is 0 Å². The van der Waals surface area contributed by atoms with Crippen molar-refractivity contribution in [2.45, 2.75) is 25.8 Å². The summed E-state index contributed by atoms with van der Waals surface area (Å²) in [6, 6.07) is 19.0. The lowest BCUT2D eigenvalue weighted by molar-refractivity contribution is -0.114. The van der Waals surface area contributed by atoms with Crippen molar-refractivity contribution in [3.05, 3.63) is 77.5 Å². The Hall–Kier alpha value is -3.67. The van der Waals surface area contributed by atoms with E-state index >= 15 is 0 Å². The van der Waals surface area contributed by atoms with Crippen LogP contribution >= 0.6 is 0 Å². The minimum atomic E-state index is -0.200. The first-order valence-corrected chi connectivity index (χ1v) is 9.87. The zero-order chi connectivity index (χ0) is 21.1. The average Bonchev–Trinajstić information content (AvgIpc) is 3.16. The van der Waals surface area contributed by atoms with Crippen LogP contribution in [0, 0.1) is 0 Å². The first-order chi connectivity index (χ1) is 14.5. The van der Waals surface area contributed by atoms with Crippen molar-refractivity contribution >= 4 is 17.5 Å². The molecule has 0 fully saturated rings. The summed E-state index contributed by atoms with van der Waals surface area (Å²) in [5.41, 5.74) is 4.80. The number of ether oxygens (including phenoxy) is 1. The molecule has 6 heteroatoms. The molecule has 1 aromatic heterocycles. The Morgan fingerprint density at radius 2 is 1.90 bits per heavy atom. The van der Waals surface area contributed by atoms with Crippen LogP contribution < -0.4 is 15.4 Å². The van der Waals surface area contributed by atoms with E-state index in [-0.39, 0.29) is 17.9 Å². The summed E-state index contributed by atoms with van der Waals surface area (Å²) in [5, 5.41) is 5.87.